The minimum absolute atomic E-state index is 0.137. The molecule has 1 aliphatic rings. The predicted octanol–water partition coefficient (Wildman–Crippen LogP) is 1.19. The summed E-state index contributed by atoms with van der Waals surface area (Å²) in [6.45, 7) is 2.70. The van der Waals surface area contributed by atoms with Gasteiger partial charge < -0.3 is 20.5 Å². The van der Waals surface area contributed by atoms with Gasteiger partial charge in [0.2, 0.25) is 0 Å². The van der Waals surface area contributed by atoms with E-state index in [1.165, 1.54) is 0 Å². The number of benzene rings is 1. The van der Waals surface area contributed by atoms with Crippen LogP contribution in [0.4, 0.5) is 5.69 Å². The molecule has 1 aliphatic heterocycles. The third-order valence-corrected chi connectivity index (χ3v) is 3.05. The number of carbonyl (C=O) groups is 1. The first-order valence-corrected chi connectivity index (χ1v) is 6.59. The van der Waals surface area contributed by atoms with Gasteiger partial charge in [-0.25, -0.2) is 0 Å². The van der Waals surface area contributed by atoms with Crippen molar-refractivity contribution in [3.8, 4) is 0 Å². The molecule has 5 nitrogen and oxygen atoms in total. The average molecular weight is 264 g/mol. The molecule has 0 spiro atoms. The molecule has 1 aromatic rings. The fourth-order valence-corrected chi connectivity index (χ4v) is 1.97. The monoisotopic (exact) mass is 264 g/mol. The molecule has 0 aliphatic carbocycles. The topological polar surface area (TPSA) is 73.6 Å². The number of hydrogen-bond donors (Lipinski definition) is 2. The number of nitrogens with one attached hydrogen (secondary N) is 1. The third-order valence-electron chi connectivity index (χ3n) is 3.05. The molecule has 5 heteroatoms. The number of nitrogens with two attached hydrogens (primary N) is 1. The van der Waals surface area contributed by atoms with Gasteiger partial charge in [0.05, 0.1) is 18.3 Å². The van der Waals surface area contributed by atoms with Crippen LogP contribution in [0.15, 0.2) is 24.3 Å². The highest BCUT2D eigenvalue weighted by atomic mass is 16.5. The Labute approximate surface area is 113 Å². The molecule has 1 fully saturated rings. The van der Waals surface area contributed by atoms with Crippen molar-refractivity contribution >= 4 is 11.6 Å². The Balaban J connectivity index is 1.62. The first kappa shape index (κ1) is 13.8. The lowest BCUT2D eigenvalue weighted by Gasteiger charge is -2.10. The van der Waals surface area contributed by atoms with Gasteiger partial charge in [-0.2, -0.15) is 0 Å². The summed E-state index contributed by atoms with van der Waals surface area (Å²) in [6, 6.07) is 7.05. The normalized spacial score (nSPS) is 18.4. The second-order valence-electron chi connectivity index (χ2n) is 4.55. The summed E-state index contributed by atoms with van der Waals surface area (Å²) in [6.07, 6.45) is 1.97. The van der Waals surface area contributed by atoms with Gasteiger partial charge in [0.25, 0.3) is 5.91 Å². The molecule has 2 rings (SSSR count). The van der Waals surface area contributed by atoms with Crippen LogP contribution in [0.2, 0.25) is 0 Å². The number of hydrogen-bond acceptors (Lipinski definition) is 4. The lowest BCUT2D eigenvalue weighted by Crippen LogP contribution is -2.26. The van der Waals surface area contributed by atoms with Gasteiger partial charge in [-0.1, -0.05) is 12.1 Å². The van der Waals surface area contributed by atoms with Crippen molar-refractivity contribution < 1.29 is 14.3 Å². The van der Waals surface area contributed by atoms with Crippen LogP contribution in [0.3, 0.4) is 0 Å². The molecule has 1 aromatic carbocycles. The molecule has 1 unspecified atom stereocenters. The fraction of sp³-hybridized carbons (Fsp3) is 0.500. The van der Waals surface area contributed by atoms with Crippen LogP contribution >= 0.6 is 0 Å². The molecule has 1 amide bonds. The number of carbonyl (C=O) groups excluding carboxylic acids is 1. The van der Waals surface area contributed by atoms with Crippen LogP contribution in [0.5, 0.6) is 0 Å². The maximum Gasteiger partial charge on any atom is 0.253 e. The summed E-state index contributed by atoms with van der Waals surface area (Å²) < 4.78 is 10.8. The van der Waals surface area contributed by atoms with E-state index in [4.69, 9.17) is 15.2 Å². The summed E-state index contributed by atoms with van der Waals surface area (Å²) >= 11 is 0. The first-order chi connectivity index (χ1) is 9.27. The van der Waals surface area contributed by atoms with E-state index in [1.54, 1.807) is 18.2 Å². The molecule has 0 radical (unpaired) electrons. The molecule has 104 valence electrons. The van der Waals surface area contributed by atoms with E-state index >= 15 is 0 Å². The van der Waals surface area contributed by atoms with Gasteiger partial charge in [-0.05, 0) is 25.0 Å². The number of nitrogen functional groups attached to an aromatic ring is 1. The average Bonchev–Trinajstić information content (AvgIpc) is 2.92. The molecule has 1 saturated heterocycles. The molecule has 0 aromatic heterocycles. The highest BCUT2D eigenvalue weighted by Crippen LogP contribution is 2.10. The van der Waals surface area contributed by atoms with Crippen LogP contribution < -0.4 is 11.1 Å². The summed E-state index contributed by atoms with van der Waals surface area (Å²) in [7, 11) is 0. The van der Waals surface area contributed by atoms with Crippen molar-refractivity contribution in [2.24, 2.45) is 0 Å². The Hall–Kier alpha value is -1.59. The van der Waals surface area contributed by atoms with Gasteiger partial charge in [0, 0.05) is 25.4 Å². The Bertz CT molecular complexity index is 417. The number of amides is 1. The zero-order valence-corrected chi connectivity index (χ0v) is 10.9. The maximum absolute atomic E-state index is 11.8. The zero-order valence-electron chi connectivity index (χ0n) is 10.9. The zero-order chi connectivity index (χ0) is 13.5. The van der Waals surface area contributed by atoms with Crippen LogP contribution in [0, 0.1) is 0 Å². The van der Waals surface area contributed by atoms with Crippen molar-refractivity contribution in [2.75, 3.05) is 32.1 Å². The molecule has 3 N–H and O–H groups in total. The Morgan fingerprint density at radius 3 is 3.05 bits per heavy atom. The number of ether oxygens (including phenoxy) is 2. The Morgan fingerprint density at radius 2 is 2.32 bits per heavy atom. The number of rotatable bonds is 6. The maximum atomic E-state index is 11.8. The van der Waals surface area contributed by atoms with Crippen molar-refractivity contribution in [1.82, 2.24) is 5.32 Å². The largest absolute Gasteiger partial charge is 0.398 e. The summed E-state index contributed by atoms with van der Waals surface area (Å²) in [5.41, 5.74) is 6.76. The second kappa shape index (κ2) is 7.11. The molecular weight excluding hydrogens is 244 g/mol. The summed E-state index contributed by atoms with van der Waals surface area (Å²) in [5.74, 6) is -0.137. The smallest absolute Gasteiger partial charge is 0.253 e. The highest BCUT2D eigenvalue weighted by molar-refractivity contribution is 5.98. The number of para-hydroxylation sites is 1. The minimum Gasteiger partial charge on any atom is -0.398 e. The van der Waals surface area contributed by atoms with Gasteiger partial charge >= 0.3 is 0 Å². The lowest BCUT2D eigenvalue weighted by molar-refractivity contribution is 0.0415. The van der Waals surface area contributed by atoms with E-state index in [9.17, 15) is 4.79 Å². The molecule has 1 heterocycles. The lowest BCUT2D eigenvalue weighted by atomic mass is 10.1. The van der Waals surface area contributed by atoms with Crippen LogP contribution in [0.25, 0.3) is 0 Å². The van der Waals surface area contributed by atoms with E-state index in [0.717, 1.165) is 19.4 Å². The molecule has 1 atom stereocenters. The third kappa shape index (κ3) is 4.22. The minimum atomic E-state index is -0.137. The second-order valence-corrected chi connectivity index (χ2v) is 4.55. The molecular formula is C14H20N2O3. The van der Waals surface area contributed by atoms with E-state index in [2.05, 4.69) is 5.32 Å². The Kier molecular flexibility index (Phi) is 5.18. The van der Waals surface area contributed by atoms with Gasteiger partial charge in [0.1, 0.15) is 0 Å². The summed E-state index contributed by atoms with van der Waals surface area (Å²) in [4.78, 5) is 11.8. The van der Waals surface area contributed by atoms with E-state index in [0.29, 0.717) is 31.0 Å². The van der Waals surface area contributed by atoms with E-state index < -0.39 is 0 Å². The number of anilines is 1. The summed E-state index contributed by atoms with van der Waals surface area (Å²) in [5, 5.41) is 2.83. The fourth-order valence-electron chi connectivity index (χ4n) is 1.97. The van der Waals surface area contributed by atoms with Gasteiger partial charge in [-0.3, -0.25) is 4.79 Å². The Morgan fingerprint density at radius 1 is 1.47 bits per heavy atom. The molecule has 19 heavy (non-hydrogen) atoms. The van der Waals surface area contributed by atoms with Crippen molar-refractivity contribution in [3.63, 3.8) is 0 Å². The van der Waals surface area contributed by atoms with E-state index in [1.807, 2.05) is 6.07 Å². The van der Waals surface area contributed by atoms with Crippen molar-refractivity contribution in [3.05, 3.63) is 29.8 Å². The van der Waals surface area contributed by atoms with E-state index in [-0.39, 0.29) is 12.0 Å². The van der Waals surface area contributed by atoms with Gasteiger partial charge in [0.15, 0.2) is 0 Å². The highest BCUT2D eigenvalue weighted by Gasteiger charge is 2.15. The van der Waals surface area contributed by atoms with Crippen LogP contribution in [-0.4, -0.2) is 38.4 Å². The van der Waals surface area contributed by atoms with Crippen LogP contribution in [-0.2, 0) is 9.47 Å². The first-order valence-electron chi connectivity index (χ1n) is 6.59. The van der Waals surface area contributed by atoms with Crippen molar-refractivity contribution in [2.45, 2.75) is 18.9 Å². The van der Waals surface area contributed by atoms with Crippen LogP contribution in [0.1, 0.15) is 23.2 Å². The molecule has 0 bridgehead atoms. The van der Waals surface area contributed by atoms with Crippen molar-refractivity contribution in [1.29, 1.82) is 0 Å². The quantitative estimate of drug-likeness (QED) is 0.598. The van der Waals surface area contributed by atoms with Gasteiger partial charge in [-0.15, -0.1) is 0 Å². The standard InChI is InChI=1S/C14H20N2O3/c15-13-5-2-1-4-12(13)14(17)16-7-3-8-19-11-6-9-18-10-11/h1-2,4-5,11H,3,6-10,15H2,(H,16,17). The molecule has 0 saturated carbocycles. The predicted molar refractivity (Wildman–Crippen MR) is 73.0 cm³/mol. The SMILES string of the molecule is Nc1ccccc1C(=O)NCCCOC1CCOC1.